The fourth-order valence-corrected chi connectivity index (χ4v) is 6.08. The van der Waals surface area contributed by atoms with Crippen molar-refractivity contribution in [1.82, 2.24) is 5.09 Å². The van der Waals surface area contributed by atoms with Gasteiger partial charge in [0, 0.05) is 11.4 Å². The SMILES string of the molecule is S=[P@]1(Sc2ccccc2)NCCCO1. The normalized spacial score (nSPS) is 27.4. The summed E-state index contributed by atoms with van der Waals surface area (Å²) in [6.07, 6.45) is 1.06. The van der Waals surface area contributed by atoms with Crippen molar-refractivity contribution in [2.45, 2.75) is 11.3 Å². The zero-order valence-corrected chi connectivity index (χ0v) is 10.2. The molecule has 1 aliphatic rings. The van der Waals surface area contributed by atoms with Crippen molar-refractivity contribution in [2.75, 3.05) is 13.2 Å². The molecule has 1 saturated heterocycles. The molecule has 0 spiro atoms. The highest BCUT2D eigenvalue weighted by molar-refractivity contribution is 8.68. The van der Waals surface area contributed by atoms with Crippen molar-refractivity contribution >= 4 is 28.8 Å². The lowest BCUT2D eigenvalue weighted by molar-refractivity contribution is 0.324. The number of hydrogen-bond acceptors (Lipinski definition) is 3. The van der Waals surface area contributed by atoms with Crippen LogP contribution in [0.5, 0.6) is 0 Å². The van der Waals surface area contributed by atoms with E-state index >= 15 is 0 Å². The molecular weight excluding hydrogens is 233 g/mol. The molecule has 1 heterocycles. The molecule has 14 heavy (non-hydrogen) atoms. The maximum atomic E-state index is 5.65. The maximum absolute atomic E-state index is 5.65. The Bertz CT molecular complexity index is 334. The van der Waals surface area contributed by atoms with Gasteiger partial charge in [-0.1, -0.05) is 18.2 Å². The second kappa shape index (κ2) is 4.77. The second-order valence-electron chi connectivity index (χ2n) is 3.00. The van der Waals surface area contributed by atoms with Gasteiger partial charge < -0.3 is 4.52 Å². The van der Waals surface area contributed by atoms with Crippen LogP contribution in [-0.2, 0) is 16.3 Å². The molecule has 1 N–H and O–H groups in total. The number of nitrogens with one attached hydrogen (secondary N) is 1. The molecule has 0 radical (unpaired) electrons. The van der Waals surface area contributed by atoms with Gasteiger partial charge in [-0.25, -0.2) is 0 Å². The average Bonchev–Trinajstić information content (AvgIpc) is 2.19. The summed E-state index contributed by atoms with van der Waals surface area (Å²) in [6.45, 7) is 1.78. The van der Waals surface area contributed by atoms with E-state index in [0.717, 1.165) is 19.6 Å². The van der Waals surface area contributed by atoms with Gasteiger partial charge >= 0.3 is 0 Å². The third kappa shape index (κ3) is 2.81. The van der Waals surface area contributed by atoms with Gasteiger partial charge in [0.15, 0.2) is 5.62 Å². The summed E-state index contributed by atoms with van der Waals surface area (Å²) in [4.78, 5) is 1.19. The molecule has 2 nitrogen and oxygen atoms in total. The molecular formula is C9H12NOPS2. The van der Waals surface area contributed by atoms with Crippen LogP contribution in [0.3, 0.4) is 0 Å². The molecule has 0 aliphatic carbocycles. The molecule has 1 atom stereocenters. The molecule has 0 bridgehead atoms. The van der Waals surface area contributed by atoms with E-state index in [2.05, 4.69) is 17.2 Å². The van der Waals surface area contributed by atoms with E-state index in [9.17, 15) is 0 Å². The predicted molar refractivity (Wildman–Crippen MR) is 65.2 cm³/mol. The summed E-state index contributed by atoms with van der Waals surface area (Å²) in [5.74, 6) is 0. The fourth-order valence-electron chi connectivity index (χ4n) is 1.20. The van der Waals surface area contributed by atoms with E-state index in [4.69, 9.17) is 16.3 Å². The topological polar surface area (TPSA) is 21.3 Å². The molecule has 76 valence electrons. The number of benzene rings is 1. The summed E-state index contributed by atoms with van der Waals surface area (Å²) in [7, 11) is 0. The predicted octanol–water partition coefficient (Wildman–Crippen LogP) is 3.01. The Kier molecular flexibility index (Phi) is 3.63. The van der Waals surface area contributed by atoms with Crippen LogP contribution in [0.4, 0.5) is 0 Å². The summed E-state index contributed by atoms with van der Waals surface area (Å²) in [5, 5.41) is 3.31. The van der Waals surface area contributed by atoms with E-state index in [1.54, 1.807) is 11.4 Å². The summed E-state index contributed by atoms with van der Waals surface area (Å²) in [6, 6.07) is 10.2. The Morgan fingerprint density at radius 2 is 2.14 bits per heavy atom. The number of rotatable bonds is 2. The van der Waals surface area contributed by atoms with Crippen molar-refractivity contribution < 1.29 is 4.52 Å². The molecule has 1 fully saturated rings. The van der Waals surface area contributed by atoms with Crippen LogP contribution in [0, 0.1) is 0 Å². The van der Waals surface area contributed by atoms with Crippen LogP contribution >= 0.6 is 17.0 Å². The van der Waals surface area contributed by atoms with Crippen LogP contribution in [0.1, 0.15) is 6.42 Å². The van der Waals surface area contributed by atoms with Gasteiger partial charge in [0.05, 0.1) is 6.61 Å². The second-order valence-corrected chi connectivity index (χ2v) is 9.55. The quantitative estimate of drug-likeness (QED) is 0.808. The standard InChI is InChI=1S/C9H12NOPS2/c13-12(10-7-4-8-11-12)14-9-5-2-1-3-6-9/h1-3,5-6H,4,7-8H2,(H,10,13)/t12-/m0/s1. The lowest BCUT2D eigenvalue weighted by Gasteiger charge is -2.26. The van der Waals surface area contributed by atoms with E-state index < -0.39 is 5.62 Å². The zero-order chi connectivity index (χ0) is 9.86. The van der Waals surface area contributed by atoms with Gasteiger partial charge in [-0.2, -0.15) is 0 Å². The average molecular weight is 245 g/mol. The highest BCUT2D eigenvalue weighted by atomic mass is 32.9. The Hall–Kier alpha value is 0.140. The van der Waals surface area contributed by atoms with Crippen LogP contribution < -0.4 is 5.09 Å². The van der Waals surface area contributed by atoms with Crippen molar-refractivity contribution in [1.29, 1.82) is 0 Å². The molecule has 0 amide bonds. The van der Waals surface area contributed by atoms with E-state index in [1.165, 1.54) is 4.90 Å². The van der Waals surface area contributed by atoms with Gasteiger partial charge in [-0.3, -0.25) is 5.09 Å². The first-order chi connectivity index (χ1) is 6.79. The van der Waals surface area contributed by atoms with Crippen LogP contribution in [-0.4, -0.2) is 13.2 Å². The first-order valence-electron chi connectivity index (χ1n) is 4.53. The highest BCUT2D eigenvalue weighted by Crippen LogP contribution is 2.60. The van der Waals surface area contributed by atoms with Crippen LogP contribution in [0.15, 0.2) is 35.2 Å². The Balaban J connectivity index is 2.06. The molecule has 5 heteroatoms. The third-order valence-corrected chi connectivity index (χ3v) is 7.14. The van der Waals surface area contributed by atoms with Gasteiger partial charge in [0.25, 0.3) is 0 Å². The van der Waals surface area contributed by atoms with Crippen LogP contribution in [0.25, 0.3) is 0 Å². The largest absolute Gasteiger partial charge is 0.330 e. The summed E-state index contributed by atoms with van der Waals surface area (Å²) in [5.41, 5.74) is -1.84. The van der Waals surface area contributed by atoms with E-state index in [1.807, 2.05) is 18.2 Å². The Labute approximate surface area is 93.3 Å². The van der Waals surface area contributed by atoms with Gasteiger partial charge in [-0.05, 0) is 41.7 Å². The summed E-state index contributed by atoms with van der Waals surface area (Å²) >= 11 is 7.14. The van der Waals surface area contributed by atoms with E-state index in [0.29, 0.717) is 0 Å². The van der Waals surface area contributed by atoms with E-state index in [-0.39, 0.29) is 0 Å². The molecule has 1 aromatic rings. The lowest BCUT2D eigenvalue weighted by Crippen LogP contribution is -2.19. The Morgan fingerprint density at radius 1 is 1.36 bits per heavy atom. The number of hydrogen-bond donors (Lipinski definition) is 1. The van der Waals surface area contributed by atoms with Gasteiger partial charge in [0.1, 0.15) is 0 Å². The lowest BCUT2D eigenvalue weighted by atomic mass is 10.4. The smallest absolute Gasteiger partial charge is 0.190 e. The van der Waals surface area contributed by atoms with Crippen molar-refractivity contribution in [3.8, 4) is 0 Å². The Morgan fingerprint density at radius 3 is 2.79 bits per heavy atom. The fraction of sp³-hybridized carbons (Fsp3) is 0.333. The monoisotopic (exact) mass is 245 g/mol. The molecule has 0 saturated carbocycles. The van der Waals surface area contributed by atoms with Crippen molar-refractivity contribution in [2.24, 2.45) is 0 Å². The van der Waals surface area contributed by atoms with Crippen molar-refractivity contribution in [3.05, 3.63) is 30.3 Å². The van der Waals surface area contributed by atoms with Crippen LogP contribution in [0.2, 0.25) is 0 Å². The minimum Gasteiger partial charge on any atom is -0.330 e. The first kappa shape index (κ1) is 10.7. The summed E-state index contributed by atoms with van der Waals surface area (Å²) < 4.78 is 5.65. The first-order valence-corrected chi connectivity index (χ1v) is 8.67. The molecule has 1 aromatic carbocycles. The molecule has 0 aromatic heterocycles. The highest BCUT2D eigenvalue weighted by Gasteiger charge is 2.22. The van der Waals surface area contributed by atoms with Gasteiger partial charge in [0.2, 0.25) is 0 Å². The minimum absolute atomic E-state index is 0.796. The van der Waals surface area contributed by atoms with Gasteiger partial charge in [-0.15, -0.1) is 0 Å². The maximum Gasteiger partial charge on any atom is 0.190 e. The zero-order valence-electron chi connectivity index (χ0n) is 7.68. The molecule has 1 aliphatic heterocycles. The van der Waals surface area contributed by atoms with Crippen molar-refractivity contribution in [3.63, 3.8) is 0 Å². The molecule has 0 unspecified atom stereocenters. The molecule has 2 rings (SSSR count). The minimum atomic E-state index is -1.84. The third-order valence-electron chi connectivity index (χ3n) is 1.86.